The molecule has 3 heteroatoms. The first-order valence-corrected chi connectivity index (χ1v) is 4.51. The molecule has 0 N–H and O–H groups in total. The molecule has 1 atom stereocenters. The summed E-state index contributed by atoms with van der Waals surface area (Å²) in [5.74, 6) is 0. The van der Waals surface area contributed by atoms with Gasteiger partial charge in [0.2, 0.25) is 0 Å². The molecule has 0 saturated heterocycles. The molecule has 1 unspecified atom stereocenters. The first kappa shape index (κ1) is 7.50. The Bertz CT molecular complexity index is 501. The zero-order valence-electron chi connectivity index (χ0n) is 7.42. The van der Waals surface area contributed by atoms with E-state index in [0.29, 0.717) is 0 Å². The van der Waals surface area contributed by atoms with Crippen LogP contribution in [0.1, 0.15) is 17.3 Å². The minimum absolute atomic E-state index is 0.332. The average molecular weight is 184 g/mol. The lowest BCUT2D eigenvalue weighted by molar-refractivity contribution is 0.857. The van der Waals surface area contributed by atoms with Crippen molar-refractivity contribution in [2.45, 2.75) is 6.04 Å². The molecule has 1 aliphatic heterocycles. The third-order valence-electron chi connectivity index (χ3n) is 2.66. The molecule has 3 rings (SSSR count). The van der Waals surface area contributed by atoms with Crippen molar-refractivity contribution < 1.29 is 0 Å². The van der Waals surface area contributed by atoms with Gasteiger partial charge in [-0.05, 0) is 18.2 Å². The van der Waals surface area contributed by atoms with Gasteiger partial charge in [0.15, 0.2) is 6.04 Å². The molecule has 3 nitrogen and oxygen atoms in total. The van der Waals surface area contributed by atoms with Crippen LogP contribution in [0.25, 0.3) is 5.69 Å². The number of hydrogen-bond donors (Lipinski definition) is 0. The normalized spacial score (nSPS) is 17.6. The molecule has 1 aliphatic rings. The summed E-state index contributed by atoms with van der Waals surface area (Å²) in [5.41, 5.74) is 3.02. The van der Waals surface area contributed by atoms with Gasteiger partial charge in [-0.1, -0.05) is 23.4 Å². The van der Waals surface area contributed by atoms with Crippen LogP contribution in [0, 0.1) is 4.91 Å². The predicted octanol–water partition coefficient (Wildman–Crippen LogP) is 2.65. The van der Waals surface area contributed by atoms with E-state index in [9.17, 15) is 4.91 Å². The largest absolute Gasteiger partial charge is 0.318 e. The predicted molar refractivity (Wildman–Crippen MR) is 53.4 cm³/mol. The number of rotatable bonds is 1. The Hall–Kier alpha value is -1.90. The molecule has 0 radical (unpaired) electrons. The molecule has 0 saturated carbocycles. The van der Waals surface area contributed by atoms with E-state index in [1.807, 2.05) is 47.2 Å². The van der Waals surface area contributed by atoms with Crippen molar-refractivity contribution in [1.29, 1.82) is 0 Å². The first-order chi connectivity index (χ1) is 6.92. The van der Waals surface area contributed by atoms with E-state index in [0.717, 1.165) is 16.9 Å². The van der Waals surface area contributed by atoms with Crippen molar-refractivity contribution in [2.75, 3.05) is 0 Å². The summed E-state index contributed by atoms with van der Waals surface area (Å²) < 4.78 is 2.02. The van der Waals surface area contributed by atoms with Gasteiger partial charge in [-0.2, -0.15) is 0 Å². The Morgan fingerprint density at radius 1 is 1.14 bits per heavy atom. The highest BCUT2D eigenvalue weighted by Gasteiger charge is 2.28. The average Bonchev–Trinajstić information content (AvgIpc) is 2.77. The van der Waals surface area contributed by atoms with Gasteiger partial charge in [0.05, 0.1) is 11.4 Å². The summed E-state index contributed by atoms with van der Waals surface area (Å²) in [6.07, 6.45) is 1.96. The van der Waals surface area contributed by atoms with Crippen LogP contribution in [0.5, 0.6) is 0 Å². The van der Waals surface area contributed by atoms with Gasteiger partial charge in [0.1, 0.15) is 0 Å². The van der Waals surface area contributed by atoms with E-state index < -0.39 is 0 Å². The van der Waals surface area contributed by atoms with Crippen LogP contribution in [0.3, 0.4) is 0 Å². The fourth-order valence-corrected chi connectivity index (χ4v) is 2.04. The second-order valence-corrected chi connectivity index (χ2v) is 3.37. The zero-order chi connectivity index (χ0) is 9.54. The van der Waals surface area contributed by atoms with Crippen LogP contribution < -0.4 is 0 Å². The maximum atomic E-state index is 10.8. The number of benzene rings is 1. The summed E-state index contributed by atoms with van der Waals surface area (Å²) in [5, 5.41) is 3.17. The number of hydrogen-bond acceptors (Lipinski definition) is 2. The van der Waals surface area contributed by atoms with E-state index in [4.69, 9.17) is 0 Å². The highest BCUT2D eigenvalue weighted by molar-refractivity contribution is 5.53. The molecule has 68 valence electrons. The van der Waals surface area contributed by atoms with Crippen molar-refractivity contribution in [3.8, 4) is 5.69 Å². The molecular formula is C11H8N2O. The van der Waals surface area contributed by atoms with Crippen LogP contribution in [-0.4, -0.2) is 4.57 Å². The summed E-state index contributed by atoms with van der Waals surface area (Å²) in [7, 11) is 0. The molecule has 14 heavy (non-hydrogen) atoms. The van der Waals surface area contributed by atoms with Crippen LogP contribution in [0.2, 0.25) is 0 Å². The van der Waals surface area contributed by atoms with E-state index in [2.05, 4.69) is 5.18 Å². The zero-order valence-corrected chi connectivity index (χ0v) is 7.42. The maximum absolute atomic E-state index is 10.8. The highest BCUT2D eigenvalue weighted by atomic mass is 16.3. The number of nitroso groups, excluding NO2 is 1. The molecule has 1 aromatic carbocycles. The minimum atomic E-state index is -0.332. The van der Waals surface area contributed by atoms with Crippen LogP contribution in [0.15, 0.2) is 47.8 Å². The van der Waals surface area contributed by atoms with E-state index in [1.54, 1.807) is 0 Å². The standard InChI is InChI=1S/C11H8N2O/c14-12-11-8-4-1-2-5-9(8)13-7-3-6-10(11)13/h1-7,11H. The second-order valence-electron chi connectivity index (χ2n) is 3.37. The topological polar surface area (TPSA) is 34.4 Å². The van der Waals surface area contributed by atoms with Crippen molar-refractivity contribution in [1.82, 2.24) is 4.57 Å². The summed E-state index contributed by atoms with van der Waals surface area (Å²) in [6.45, 7) is 0. The van der Waals surface area contributed by atoms with Gasteiger partial charge in [0.25, 0.3) is 0 Å². The van der Waals surface area contributed by atoms with Crippen molar-refractivity contribution >= 4 is 0 Å². The van der Waals surface area contributed by atoms with Gasteiger partial charge >= 0.3 is 0 Å². The third kappa shape index (κ3) is 0.763. The van der Waals surface area contributed by atoms with E-state index in [1.165, 1.54) is 0 Å². The number of para-hydroxylation sites is 1. The fourth-order valence-electron chi connectivity index (χ4n) is 2.04. The molecule has 2 aromatic rings. The maximum Gasteiger partial charge on any atom is 0.159 e. The smallest absolute Gasteiger partial charge is 0.159 e. The third-order valence-corrected chi connectivity index (χ3v) is 2.66. The quantitative estimate of drug-likeness (QED) is 0.627. The fraction of sp³-hybridized carbons (Fsp3) is 0.0909. The summed E-state index contributed by atoms with van der Waals surface area (Å²) in [4.78, 5) is 10.8. The summed E-state index contributed by atoms with van der Waals surface area (Å²) in [6, 6.07) is 11.4. The molecule has 0 fully saturated rings. The summed E-state index contributed by atoms with van der Waals surface area (Å²) >= 11 is 0. The molecule has 0 bridgehead atoms. The van der Waals surface area contributed by atoms with Crippen molar-refractivity contribution in [2.24, 2.45) is 5.18 Å². The van der Waals surface area contributed by atoms with Gasteiger partial charge in [-0.15, -0.1) is 4.91 Å². The molecule has 0 aliphatic carbocycles. The van der Waals surface area contributed by atoms with Gasteiger partial charge < -0.3 is 4.57 Å². The lowest BCUT2D eigenvalue weighted by Crippen LogP contribution is -1.90. The molecule has 1 aromatic heterocycles. The van der Waals surface area contributed by atoms with Gasteiger partial charge in [-0.3, -0.25) is 0 Å². The van der Waals surface area contributed by atoms with E-state index in [-0.39, 0.29) is 6.04 Å². The monoisotopic (exact) mass is 184 g/mol. The Balaban J connectivity index is 2.35. The number of nitrogens with zero attached hydrogens (tertiary/aromatic N) is 2. The SMILES string of the molecule is O=NC1c2ccccc2-n2cccc21. The van der Waals surface area contributed by atoms with Crippen LogP contribution >= 0.6 is 0 Å². The second kappa shape index (κ2) is 2.54. The van der Waals surface area contributed by atoms with Gasteiger partial charge in [-0.25, -0.2) is 0 Å². The van der Waals surface area contributed by atoms with E-state index >= 15 is 0 Å². The Kier molecular flexibility index (Phi) is 1.36. The molecule has 2 heterocycles. The molecule has 0 amide bonds. The molecule has 0 spiro atoms. The van der Waals surface area contributed by atoms with Crippen LogP contribution in [-0.2, 0) is 0 Å². The van der Waals surface area contributed by atoms with Gasteiger partial charge in [0, 0.05) is 11.8 Å². The van der Waals surface area contributed by atoms with Crippen LogP contribution in [0.4, 0.5) is 0 Å². The Labute approximate surface area is 81.0 Å². The lowest BCUT2D eigenvalue weighted by Gasteiger charge is -2.00. The number of aromatic nitrogens is 1. The highest BCUT2D eigenvalue weighted by Crippen LogP contribution is 2.38. The van der Waals surface area contributed by atoms with Crippen molar-refractivity contribution in [3.63, 3.8) is 0 Å². The minimum Gasteiger partial charge on any atom is -0.318 e. The van der Waals surface area contributed by atoms with Crippen molar-refractivity contribution in [3.05, 3.63) is 58.8 Å². The lowest BCUT2D eigenvalue weighted by atomic mass is 10.1. The number of fused-ring (bicyclic) bond motifs is 3. The molecular weight excluding hydrogens is 176 g/mol. The Morgan fingerprint density at radius 2 is 2.00 bits per heavy atom. The Morgan fingerprint density at radius 3 is 2.86 bits per heavy atom. The first-order valence-electron chi connectivity index (χ1n) is 4.51.